The molecule has 3 heterocycles. The standard InChI is InChI=1S/C34H43N3O5/c1-5-19-35(4)30(39)27-28-31(40)37(21-11-8-12-22-38)29(34(28)18-17-33(27,7-3)42-34)32(41)36(20-6-2)26-16-15-24-13-9-10-14-25(24)23-26/h5-6,9-10,13-16,23,27-29,38H,1-2,7-8,11-12,17-22H2,3-4H3/t27-,28-,29?,33+,34?/m0/s1. The Morgan fingerprint density at radius 3 is 2.48 bits per heavy atom. The predicted molar refractivity (Wildman–Crippen MR) is 164 cm³/mol. The Morgan fingerprint density at radius 1 is 1.05 bits per heavy atom. The highest BCUT2D eigenvalue weighted by Crippen LogP contribution is 2.64. The number of amides is 3. The number of fused-ring (bicyclic) bond motifs is 2. The number of carbonyl (C=O) groups excluding carboxylic acids is 3. The number of anilines is 1. The van der Waals surface area contributed by atoms with Crippen molar-refractivity contribution in [2.75, 3.05) is 38.2 Å². The molecule has 0 radical (unpaired) electrons. The van der Waals surface area contributed by atoms with E-state index in [0.717, 1.165) is 22.9 Å². The van der Waals surface area contributed by atoms with Crippen molar-refractivity contribution in [3.05, 3.63) is 67.8 Å². The third-order valence-corrected chi connectivity index (χ3v) is 9.64. The molecule has 3 amide bonds. The van der Waals surface area contributed by atoms with Gasteiger partial charge in [0.15, 0.2) is 0 Å². The lowest BCUT2D eigenvalue weighted by Gasteiger charge is -2.37. The van der Waals surface area contributed by atoms with Crippen molar-refractivity contribution in [2.45, 2.75) is 62.7 Å². The summed E-state index contributed by atoms with van der Waals surface area (Å²) in [4.78, 5) is 48.1. The minimum Gasteiger partial charge on any atom is -0.396 e. The van der Waals surface area contributed by atoms with Crippen molar-refractivity contribution in [3.63, 3.8) is 0 Å². The molecule has 3 saturated heterocycles. The number of nitrogens with zero attached hydrogens (tertiary/aromatic N) is 3. The number of ether oxygens (including phenoxy) is 1. The van der Waals surface area contributed by atoms with Crippen LogP contribution in [-0.2, 0) is 19.1 Å². The molecule has 0 aliphatic carbocycles. The maximum Gasteiger partial charge on any atom is 0.253 e. The molecule has 1 spiro atoms. The van der Waals surface area contributed by atoms with Gasteiger partial charge in [-0.25, -0.2) is 0 Å². The molecule has 0 aromatic heterocycles. The van der Waals surface area contributed by atoms with E-state index >= 15 is 0 Å². The number of carbonyl (C=O) groups is 3. The second kappa shape index (κ2) is 12.0. The van der Waals surface area contributed by atoms with Gasteiger partial charge in [-0.3, -0.25) is 14.4 Å². The highest BCUT2D eigenvalue weighted by molar-refractivity contribution is 6.06. The maximum absolute atomic E-state index is 14.8. The maximum atomic E-state index is 14.8. The van der Waals surface area contributed by atoms with Crippen molar-refractivity contribution in [3.8, 4) is 0 Å². The summed E-state index contributed by atoms with van der Waals surface area (Å²) in [5.74, 6) is -1.94. The second-order valence-electron chi connectivity index (χ2n) is 11.9. The van der Waals surface area contributed by atoms with E-state index in [9.17, 15) is 19.5 Å². The van der Waals surface area contributed by atoms with Crippen LogP contribution in [0.3, 0.4) is 0 Å². The van der Waals surface area contributed by atoms with E-state index in [4.69, 9.17) is 4.74 Å². The van der Waals surface area contributed by atoms with Gasteiger partial charge in [0.1, 0.15) is 11.6 Å². The monoisotopic (exact) mass is 573 g/mol. The molecule has 224 valence electrons. The number of likely N-dealkylation sites (N-methyl/N-ethyl adjacent to an activating group) is 1. The van der Waals surface area contributed by atoms with Gasteiger partial charge < -0.3 is 24.5 Å². The van der Waals surface area contributed by atoms with E-state index in [1.807, 2.05) is 49.4 Å². The van der Waals surface area contributed by atoms with Crippen LogP contribution in [-0.4, -0.2) is 83.2 Å². The van der Waals surface area contributed by atoms with Crippen LogP contribution in [0.1, 0.15) is 45.4 Å². The molecular weight excluding hydrogens is 530 g/mol. The summed E-state index contributed by atoms with van der Waals surface area (Å²) in [6, 6.07) is 13.0. The average Bonchev–Trinajstić information content (AvgIpc) is 3.60. The van der Waals surface area contributed by atoms with Crippen LogP contribution in [0, 0.1) is 11.8 Å². The second-order valence-corrected chi connectivity index (χ2v) is 11.9. The van der Waals surface area contributed by atoms with E-state index in [2.05, 4.69) is 13.2 Å². The van der Waals surface area contributed by atoms with E-state index in [1.54, 1.807) is 33.9 Å². The molecule has 3 aliphatic rings. The van der Waals surface area contributed by atoms with Gasteiger partial charge in [0, 0.05) is 39.0 Å². The van der Waals surface area contributed by atoms with Crippen LogP contribution >= 0.6 is 0 Å². The molecule has 1 N–H and O–H groups in total. The van der Waals surface area contributed by atoms with Crippen LogP contribution in [0.25, 0.3) is 10.8 Å². The van der Waals surface area contributed by atoms with Gasteiger partial charge in [-0.1, -0.05) is 49.4 Å². The predicted octanol–water partition coefficient (Wildman–Crippen LogP) is 4.32. The minimum atomic E-state index is -1.09. The van der Waals surface area contributed by atoms with Gasteiger partial charge in [0.25, 0.3) is 5.91 Å². The number of unbranched alkanes of at least 4 members (excludes halogenated alkanes) is 2. The van der Waals surface area contributed by atoms with E-state index in [1.165, 1.54) is 0 Å². The van der Waals surface area contributed by atoms with Crippen molar-refractivity contribution in [2.24, 2.45) is 11.8 Å². The number of aliphatic hydroxyl groups is 1. The Kier molecular flexibility index (Phi) is 8.58. The van der Waals surface area contributed by atoms with Crippen LogP contribution < -0.4 is 4.90 Å². The first-order chi connectivity index (χ1) is 20.3. The Morgan fingerprint density at radius 2 is 1.79 bits per heavy atom. The Bertz CT molecular complexity index is 1380. The highest BCUT2D eigenvalue weighted by atomic mass is 16.5. The first-order valence-electron chi connectivity index (χ1n) is 15.2. The summed E-state index contributed by atoms with van der Waals surface area (Å²) in [5.41, 5.74) is -1.16. The Labute approximate surface area is 248 Å². The van der Waals surface area contributed by atoms with Crippen molar-refractivity contribution in [1.82, 2.24) is 9.80 Å². The topological polar surface area (TPSA) is 90.4 Å². The molecule has 8 nitrogen and oxygen atoms in total. The molecule has 8 heteroatoms. The van der Waals surface area contributed by atoms with Gasteiger partial charge in [-0.15, -0.1) is 13.2 Å². The average molecular weight is 574 g/mol. The SMILES string of the molecule is C=CCN(C)C(=O)[C@@H]1[C@H]2C(=O)N(CCCCCO)C(C(=O)N(CC=C)c3ccc4ccccc4c3)C23CC[C@@]1(CC)O3. The highest BCUT2D eigenvalue weighted by Gasteiger charge is 2.78. The summed E-state index contributed by atoms with van der Waals surface area (Å²) < 4.78 is 6.93. The summed E-state index contributed by atoms with van der Waals surface area (Å²) in [5, 5.41) is 11.4. The molecule has 2 unspecified atom stereocenters. The van der Waals surface area contributed by atoms with Gasteiger partial charge in [-0.05, 0) is 61.4 Å². The van der Waals surface area contributed by atoms with Crippen LogP contribution in [0.4, 0.5) is 5.69 Å². The molecule has 0 saturated carbocycles. The molecule has 5 rings (SSSR count). The zero-order chi connectivity index (χ0) is 30.1. The lowest BCUT2D eigenvalue weighted by molar-refractivity contribution is -0.150. The normalized spacial score (nSPS) is 27.7. The molecule has 2 aromatic carbocycles. The van der Waals surface area contributed by atoms with Gasteiger partial charge >= 0.3 is 0 Å². The van der Waals surface area contributed by atoms with Crippen LogP contribution in [0.5, 0.6) is 0 Å². The van der Waals surface area contributed by atoms with Crippen molar-refractivity contribution in [1.29, 1.82) is 0 Å². The lowest BCUT2D eigenvalue weighted by atomic mass is 9.64. The summed E-state index contributed by atoms with van der Waals surface area (Å²) >= 11 is 0. The molecule has 2 bridgehead atoms. The number of benzene rings is 2. The first-order valence-corrected chi connectivity index (χ1v) is 15.2. The zero-order valence-electron chi connectivity index (χ0n) is 24.8. The Hall–Kier alpha value is -3.49. The van der Waals surface area contributed by atoms with E-state index in [0.29, 0.717) is 45.2 Å². The lowest BCUT2D eigenvalue weighted by Crippen LogP contribution is -2.56. The fourth-order valence-electron chi connectivity index (χ4n) is 7.65. The summed E-state index contributed by atoms with van der Waals surface area (Å²) in [7, 11) is 1.73. The number of aliphatic hydroxyl groups excluding tert-OH is 1. The molecule has 5 atom stereocenters. The third kappa shape index (κ3) is 4.74. The number of hydrogen-bond acceptors (Lipinski definition) is 5. The quantitative estimate of drug-likeness (QED) is 0.285. The largest absolute Gasteiger partial charge is 0.396 e. The summed E-state index contributed by atoms with van der Waals surface area (Å²) in [6.45, 7) is 10.8. The van der Waals surface area contributed by atoms with Crippen LogP contribution in [0.15, 0.2) is 67.8 Å². The molecule has 2 aromatic rings. The number of likely N-dealkylation sites (tertiary alicyclic amines) is 1. The molecular formula is C34H43N3O5. The molecule has 3 aliphatic heterocycles. The Balaban J connectivity index is 1.58. The van der Waals surface area contributed by atoms with Gasteiger partial charge in [0.2, 0.25) is 11.8 Å². The summed E-state index contributed by atoms with van der Waals surface area (Å²) in [6.07, 6.45) is 7.09. The van der Waals surface area contributed by atoms with E-state index < -0.39 is 29.1 Å². The van der Waals surface area contributed by atoms with Gasteiger partial charge in [-0.2, -0.15) is 0 Å². The smallest absolute Gasteiger partial charge is 0.253 e. The fraction of sp³-hybridized carbons (Fsp3) is 0.500. The fourth-order valence-corrected chi connectivity index (χ4v) is 7.65. The van der Waals surface area contributed by atoms with Crippen LogP contribution in [0.2, 0.25) is 0 Å². The molecule has 42 heavy (non-hydrogen) atoms. The number of rotatable bonds is 13. The zero-order valence-corrected chi connectivity index (χ0v) is 24.8. The third-order valence-electron chi connectivity index (χ3n) is 9.64. The molecule has 3 fully saturated rings. The van der Waals surface area contributed by atoms with Crippen molar-refractivity contribution >= 4 is 34.2 Å². The van der Waals surface area contributed by atoms with E-state index in [-0.39, 0.29) is 30.9 Å². The minimum absolute atomic E-state index is 0.0757. The van der Waals surface area contributed by atoms with Gasteiger partial charge in [0.05, 0.1) is 17.4 Å². The number of hydrogen-bond donors (Lipinski definition) is 1. The first kappa shape index (κ1) is 30.0. The van der Waals surface area contributed by atoms with Crippen molar-refractivity contribution < 1.29 is 24.2 Å².